The van der Waals surface area contributed by atoms with Crippen molar-refractivity contribution in [2.24, 2.45) is 33.5 Å². The van der Waals surface area contributed by atoms with Crippen molar-refractivity contribution in [3.63, 3.8) is 0 Å². The topological polar surface area (TPSA) is 118 Å². The number of nitrogens with one attached hydrogen (secondary N) is 1. The van der Waals surface area contributed by atoms with Crippen LogP contribution >= 0.6 is 22.6 Å². The lowest BCUT2D eigenvalue weighted by atomic mass is 10.1. The monoisotopic (exact) mass is 924 g/mol. The smallest absolute Gasteiger partial charge is 0.341 e. The van der Waals surface area contributed by atoms with Crippen LogP contribution in [0.2, 0.25) is 0 Å². The fourth-order valence-electron chi connectivity index (χ4n) is 10.3. The standard InChI is InChI=1S/C23H27FN2O3.C12H16N2O.C11H12FIO2/c1-21(2,3)29-20(27)16-5-4-15(14-17(16)24)26-12-6-19(25-26)28-13-7-18-22(8-9-22)23(18)10-11-23;1-7-13-14-10(1)15-8-2-9-11(3-4-11)12(9)5-6-12;1-11(2,3)15-10(14)8-5-4-7(13)6-9(8)12/h4-6,12,14,18H,7-11,13H2,1-3H3;1,7,9H,2-6,8H2,(H,13,14);4-6H,1-3H3. The summed E-state index contributed by atoms with van der Waals surface area (Å²) in [5.41, 5.74) is 2.19. The first-order valence-electron chi connectivity index (χ1n) is 20.9. The molecule has 1 N–H and O–H groups in total. The van der Waals surface area contributed by atoms with Crippen LogP contribution < -0.4 is 9.47 Å². The van der Waals surface area contributed by atoms with E-state index < -0.39 is 34.8 Å². The maximum Gasteiger partial charge on any atom is 0.341 e. The van der Waals surface area contributed by atoms with Gasteiger partial charge in [-0.05, 0) is 192 Å². The minimum Gasteiger partial charge on any atom is -0.478 e. The van der Waals surface area contributed by atoms with Crippen molar-refractivity contribution in [3.05, 3.63) is 87.3 Å². The van der Waals surface area contributed by atoms with Crippen molar-refractivity contribution in [2.45, 2.75) is 117 Å². The van der Waals surface area contributed by atoms with E-state index >= 15 is 0 Å². The molecule has 2 heterocycles. The van der Waals surface area contributed by atoms with E-state index in [1.54, 1.807) is 76.8 Å². The van der Waals surface area contributed by atoms with Gasteiger partial charge in [0.05, 0.1) is 36.2 Å². The number of esters is 2. The minimum absolute atomic E-state index is 0.0228. The molecule has 2 aromatic heterocycles. The SMILES string of the molecule is CC(C)(C)OC(=O)c1ccc(-n2ccc(OCCC3C4(CC4)C34CC4)n2)cc1F.CC(C)(C)OC(=O)c1ccc(I)cc1F.c1cc(OCCC2C3(CC3)C23CC3)[nH]n1. The van der Waals surface area contributed by atoms with Crippen LogP contribution in [0.1, 0.15) is 126 Å². The maximum atomic E-state index is 14.5. The zero-order valence-electron chi connectivity index (χ0n) is 34.8. The lowest BCUT2D eigenvalue weighted by molar-refractivity contribution is 0.00518. The van der Waals surface area contributed by atoms with Crippen molar-refractivity contribution in [1.82, 2.24) is 20.0 Å². The van der Waals surface area contributed by atoms with Gasteiger partial charge in [-0.25, -0.2) is 28.2 Å². The summed E-state index contributed by atoms with van der Waals surface area (Å²) in [5, 5.41) is 11.1. The molecule has 0 saturated heterocycles. The lowest BCUT2D eigenvalue weighted by Gasteiger charge is -2.19. The highest BCUT2D eigenvalue weighted by Gasteiger charge is 2.86. The number of hydrogen-bond acceptors (Lipinski definition) is 8. The third-order valence-electron chi connectivity index (χ3n) is 13.4. The Kier molecular flexibility index (Phi) is 10.7. The van der Waals surface area contributed by atoms with E-state index in [1.807, 2.05) is 28.7 Å². The quantitative estimate of drug-likeness (QED) is 0.117. The predicted molar refractivity (Wildman–Crippen MR) is 225 cm³/mol. The number of halogens is 3. The molecular weight excluding hydrogens is 869 g/mol. The summed E-state index contributed by atoms with van der Waals surface area (Å²) in [7, 11) is 0. The molecule has 10 nitrogen and oxygen atoms in total. The number of nitrogens with zero attached hydrogens (tertiary/aromatic N) is 3. The molecular formula is C46H55F2IN4O6. The zero-order valence-corrected chi connectivity index (χ0v) is 37.0. The molecule has 59 heavy (non-hydrogen) atoms. The average Bonchev–Trinajstić information content (AvgIpc) is 3.88. The number of benzene rings is 2. The van der Waals surface area contributed by atoms with Crippen LogP contribution in [-0.4, -0.2) is 56.3 Å². The van der Waals surface area contributed by atoms with Gasteiger partial charge in [0.1, 0.15) is 22.8 Å². The number of carbonyl (C=O) groups is 2. The molecule has 0 unspecified atom stereocenters. The number of aromatic amines is 1. The number of ether oxygens (including phenoxy) is 4. The zero-order chi connectivity index (χ0) is 42.0. The normalized spacial score (nSPS) is 20.2. The fraction of sp³-hybridized carbons (Fsp3) is 0.565. The van der Waals surface area contributed by atoms with Crippen molar-refractivity contribution < 1.29 is 37.3 Å². The van der Waals surface area contributed by atoms with Gasteiger partial charge in [-0.3, -0.25) is 0 Å². The van der Waals surface area contributed by atoms with Crippen LogP contribution in [0.3, 0.4) is 0 Å². The van der Waals surface area contributed by atoms with E-state index in [1.165, 1.54) is 82.1 Å². The third-order valence-corrected chi connectivity index (χ3v) is 14.1. The van der Waals surface area contributed by atoms with Crippen LogP contribution in [0.15, 0.2) is 60.9 Å². The summed E-state index contributed by atoms with van der Waals surface area (Å²) >= 11 is 1.98. The van der Waals surface area contributed by atoms with E-state index in [4.69, 9.17) is 18.9 Å². The second-order valence-electron chi connectivity index (χ2n) is 19.3. The minimum atomic E-state index is -0.673. The Morgan fingerprint density at radius 1 is 0.729 bits per heavy atom. The molecule has 6 saturated carbocycles. The predicted octanol–water partition coefficient (Wildman–Crippen LogP) is 10.7. The molecule has 0 bridgehead atoms. The molecule has 13 heteroatoms. The Balaban J connectivity index is 0.000000136. The van der Waals surface area contributed by atoms with Gasteiger partial charge in [0.2, 0.25) is 11.8 Å². The van der Waals surface area contributed by atoms with Gasteiger partial charge >= 0.3 is 11.9 Å². The first kappa shape index (κ1) is 41.7. The molecule has 0 radical (unpaired) electrons. The molecule has 0 aliphatic heterocycles. The van der Waals surface area contributed by atoms with Crippen LogP contribution in [-0.2, 0) is 9.47 Å². The fourth-order valence-corrected chi connectivity index (χ4v) is 10.7. The van der Waals surface area contributed by atoms with Gasteiger partial charge in [-0.1, -0.05) is 0 Å². The summed E-state index contributed by atoms with van der Waals surface area (Å²) in [5.74, 6) is 0.718. The van der Waals surface area contributed by atoms with Crippen molar-refractivity contribution in [1.29, 1.82) is 0 Å². The maximum absolute atomic E-state index is 14.5. The van der Waals surface area contributed by atoms with E-state index in [-0.39, 0.29) is 11.1 Å². The van der Waals surface area contributed by atoms with Crippen molar-refractivity contribution in [3.8, 4) is 17.4 Å². The summed E-state index contributed by atoms with van der Waals surface area (Å²) in [6.07, 6.45) is 17.5. The Morgan fingerprint density at radius 3 is 1.66 bits per heavy atom. The summed E-state index contributed by atoms with van der Waals surface area (Å²) in [6, 6.07) is 12.4. The van der Waals surface area contributed by atoms with Gasteiger partial charge in [-0.15, -0.1) is 5.10 Å². The first-order valence-corrected chi connectivity index (χ1v) is 22.0. The molecule has 0 amide bonds. The Labute approximate surface area is 358 Å². The van der Waals surface area contributed by atoms with Crippen LogP contribution in [0.5, 0.6) is 11.8 Å². The summed E-state index contributed by atoms with van der Waals surface area (Å²) < 4.78 is 51.9. The first-order chi connectivity index (χ1) is 27.9. The van der Waals surface area contributed by atoms with E-state index in [0.29, 0.717) is 29.0 Å². The second-order valence-corrected chi connectivity index (χ2v) is 20.6. The molecule has 316 valence electrons. The molecule has 6 aliphatic rings. The Bertz CT molecular complexity index is 2160. The largest absolute Gasteiger partial charge is 0.478 e. The Hall–Kier alpha value is -4.01. The van der Waals surface area contributed by atoms with Crippen molar-refractivity contribution in [2.75, 3.05) is 13.2 Å². The highest BCUT2D eigenvalue weighted by molar-refractivity contribution is 14.1. The van der Waals surface area contributed by atoms with E-state index in [2.05, 4.69) is 15.3 Å². The molecule has 2 aromatic carbocycles. The molecule has 10 rings (SSSR count). The van der Waals surface area contributed by atoms with Crippen molar-refractivity contribution >= 4 is 34.5 Å². The van der Waals surface area contributed by atoms with Crippen LogP contribution in [0.25, 0.3) is 5.69 Å². The Morgan fingerprint density at radius 2 is 1.22 bits per heavy atom. The number of H-pyrrole nitrogens is 1. The van der Waals surface area contributed by atoms with Gasteiger partial charge in [0.15, 0.2) is 0 Å². The van der Waals surface area contributed by atoms with Crippen LogP contribution in [0, 0.1) is 48.7 Å². The molecule has 0 atom stereocenters. The summed E-state index contributed by atoms with van der Waals surface area (Å²) in [4.78, 5) is 23.6. The van der Waals surface area contributed by atoms with E-state index in [9.17, 15) is 18.4 Å². The molecule has 6 aliphatic carbocycles. The number of hydrogen-bond donors (Lipinski definition) is 1. The number of carbonyl (C=O) groups excluding carboxylic acids is 2. The average molecular weight is 925 g/mol. The third kappa shape index (κ3) is 8.64. The highest BCUT2D eigenvalue weighted by atomic mass is 127. The number of aromatic nitrogens is 4. The number of fused-ring (bicyclic) bond motifs is 2. The van der Waals surface area contributed by atoms with E-state index in [0.717, 1.165) is 45.1 Å². The van der Waals surface area contributed by atoms with Gasteiger partial charge in [0.25, 0.3) is 0 Å². The number of rotatable bonds is 11. The molecule has 4 spiro atoms. The highest BCUT2D eigenvalue weighted by Crippen LogP contribution is 2.93. The van der Waals surface area contributed by atoms with Gasteiger partial charge < -0.3 is 18.9 Å². The van der Waals surface area contributed by atoms with Gasteiger partial charge in [0, 0.05) is 28.0 Å². The second kappa shape index (κ2) is 15.2. The van der Waals surface area contributed by atoms with Gasteiger partial charge in [-0.2, -0.15) is 5.10 Å². The molecule has 4 aromatic rings. The van der Waals surface area contributed by atoms with Crippen LogP contribution in [0.4, 0.5) is 8.78 Å². The molecule has 6 fully saturated rings. The lowest BCUT2D eigenvalue weighted by Crippen LogP contribution is -2.24. The summed E-state index contributed by atoms with van der Waals surface area (Å²) in [6.45, 7) is 12.0.